The topological polar surface area (TPSA) is 336 Å². The Labute approximate surface area is 264 Å². The van der Waals surface area contributed by atoms with Crippen molar-refractivity contribution < 1.29 is 69.0 Å². The monoisotopic (exact) mass is 668 g/mol. The lowest BCUT2D eigenvalue weighted by Gasteiger charge is -2.51. The van der Waals surface area contributed by atoms with E-state index in [-0.39, 0.29) is 0 Å². The Balaban J connectivity index is 1.96. The summed E-state index contributed by atoms with van der Waals surface area (Å²) >= 11 is 0. The van der Waals surface area contributed by atoms with E-state index in [4.69, 9.17) is 40.9 Å². The molecule has 0 aliphatic carbocycles. The zero-order chi connectivity index (χ0) is 34.7. The van der Waals surface area contributed by atoms with E-state index in [1.165, 1.54) is 20.8 Å². The fourth-order valence-electron chi connectivity index (χ4n) is 5.87. The minimum Gasteiger partial charge on any atom is -0.394 e. The third-order valence-electron chi connectivity index (χ3n) is 8.21. The van der Waals surface area contributed by atoms with E-state index >= 15 is 0 Å². The van der Waals surface area contributed by atoms with Crippen molar-refractivity contribution in [1.29, 1.82) is 0 Å². The molecule has 0 bridgehead atoms. The Morgan fingerprint density at radius 1 is 1.04 bits per heavy atom. The van der Waals surface area contributed by atoms with Gasteiger partial charge in [-0.05, 0) is 13.8 Å². The average Bonchev–Trinajstić information content (AvgIpc) is 2.97. The van der Waals surface area contributed by atoms with Crippen LogP contribution >= 0.6 is 0 Å². The van der Waals surface area contributed by atoms with Gasteiger partial charge in [0, 0.05) is 20.3 Å². The van der Waals surface area contributed by atoms with Crippen LogP contribution in [0.2, 0.25) is 0 Å². The second kappa shape index (κ2) is 15.7. The summed E-state index contributed by atoms with van der Waals surface area (Å²) in [4.78, 5) is 28.2. The second-order valence-corrected chi connectivity index (χ2v) is 11.8. The van der Waals surface area contributed by atoms with Crippen LogP contribution in [0, 0.1) is 0 Å². The van der Waals surface area contributed by atoms with Gasteiger partial charge in [-0.3, -0.25) is 9.59 Å². The van der Waals surface area contributed by atoms with Crippen molar-refractivity contribution in [2.75, 3.05) is 13.2 Å². The third kappa shape index (κ3) is 8.58. The summed E-state index contributed by atoms with van der Waals surface area (Å²) in [5.74, 6) is -3.77. The van der Waals surface area contributed by atoms with Gasteiger partial charge in [0.15, 0.2) is 24.3 Å². The Hall–Kier alpha value is -2.31. The third-order valence-corrected chi connectivity index (χ3v) is 8.21. The van der Waals surface area contributed by atoms with Crippen LogP contribution in [0.25, 0.3) is 0 Å². The van der Waals surface area contributed by atoms with Crippen molar-refractivity contribution in [2.45, 2.75) is 132 Å². The Morgan fingerprint density at radius 2 is 1.70 bits per heavy atom. The molecule has 20 heteroatoms. The van der Waals surface area contributed by atoms with E-state index in [0.717, 1.165) is 6.92 Å². The van der Waals surface area contributed by atoms with Gasteiger partial charge in [0.2, 0.25) is 11.8 Å². The standard InChI is InChI=1S/C26H48N6O14/c1-8(43-24-16(31-11(4)36)20(40)19(39)13(6-33)44-24)15(30-10(3)35)21-14(27)12(37)5-26(7-34,45-21)46-22-17(32-25(28)29)23(41)42-9(2)18(22)38/h8-9,12-24,33-34,37-41H,5-7,27H2,1-4H3,(H,30,35)(H,31,36)(H4,28,29,32)/t8-,9+,12-,13-,14+,15+,16-,17+,18-,19-,20-,21+,22+,23?,24+,26?/m1/s1. The van der Waals surface area contributed by atoms with Crippen molar-refractivity contribution in [3.8, 4) is 0 Å². The molecule has 3 heterocycles. The lowest BCUT2D eigenvalue weighted by molar-refractivity contribution is -0.361. The maximum absolute atomic E-state index is 12.4. The molecule has 46 heavy (non-hydrogen) atoms. The molecule has 0 aromatic carbocycles. The van der Waals surface area contributed by atoms with Crippen molar-refractivity contribution in [3.63, 3.8) is 0 Å². The van der Waals surface area contributed by atoms with Crippen LogP contribution in [0.15, 0.2) is 4.99 Å². The fraction of sp³-hybridized carbons (Fsp3) is 0.885. The molecule has 0 aromatic rings. The lowest BCUT2D eigenvalue weighted by atomic mass is 9.87. The molecule has 0 radical (unpaired) electrons. The highest BCUT2D eigenvalue weighted by Crippen LogP contribution is 2.37. The normalized spacial score (nSPS) is 42.8. The van der Waals surface area contributed by atoms with Crippen LogP contribution in [0.4, 0.5) is 0 Å². The number of hydrogen-bond donors (Lipinski definition) is 12. The Bertz CT molecular complexity index is 1070. The molecule has 0 saturated carbocycles. The number of carbonyl (C=O) groups excluding carboxylic acids is 2. The van der Waals surface area contributed by atoms with Gasteiger partial charge in [-0.2, -0.15) is 0 Å². The van der Waals surface area contributed by atoms with Crippen LogP contribution in [0.5, 0.6) is 0 Å². The molecule has 3 fully saturated rings. The average molecular weight is 669 g/mol. The smallest absolute Gasteiger partial charge is 0.217 e. The summed E-state index contributed by atoms with van der Waals surface area (Å²) in [5, 5.41) is 78.8. The molecule has 15 N–H and O–H groups in total. The molecule has 2 amide bonds. The summed E-state index contributed by atoms with van der Waals surface area (Å²) in [7, 11) is 0. The van der Waals surface area contributed by atoms with Crippen molar-refractivity contribution in [2.24, 2.45) is 22.2 Å². The predicted octanol–water partition coefficient (Wildman–Crippen LogP) is -6.87. The number of guanidine groups is 1. The number of aliphatic imine (C=N–C) groups is 1. The molecule has 3 aliphatic heterocycles. The number of nitrogens with one attached hydrogen (secondary N) is 2. The van der Waals surface area contributed by atoms with Gasteiger partial charge < -0.3 is 87.3 Å². The summed E-state index contributed by atoms with van der Waals surface area (Å²) in [5.41, 5.74) is 17.4. The molecule has 20 nitrogen and oxygen atoms in total. The number of aliphatic hydroxyl groups is 7. The fourth-order valence-corrected chi connectivity index (χ4v) is 5.87. The molecule has 3 aliphatic rings. The highest BCUT2D eigenvalue weighted by atomic mass is 16.7. The van der Waals surface area contributed by atoms with Gasteiger partial charge in [-0.25, -0.2) is 4.99 Å². The molecule has 3 rings (SSSR count). The minimum atomic E-state index is -2.11. The van der Waals surface area contributed by atoms with E-state index in [9.17, 15) is 45.3 Å². The Kier molecular flexibility index (Phi) is 13.0. The number of hydrogen-bond acceptors (Lipinski definition) is 16. The minimum absolute atomic E-state index is 0.440. The van der Waals surface area contributed by atoms with Crippen LogP contribution in [-0.4, -0.2) is 164 Å². The van der Waals surface area contributed by atoms with Crippen LogP contribution in [0.3, 0.4) is 0 Å². The molecular formula is C26H48N6O14. The number of ether oxygens (including phenoxy) is 5. The van der Waals surface area contributed by atoms with E-state index < -0.39 is 135 Å². The van der Waals surface area contributed by atoms with Crippen molar-refractivity contribution in [3.05, 3.63) is 0 Å². The van der Waals surface area contributed by atoms with E-state index in [1.54, 1.807) is 0 Å². The van der Waals surface area contributed by atoms with Gasteiger partial charge in [0.1, 0.15) is 48.7 Å². The summed E-state index contributed by atoms with van der Waals surface area (Å²) in [6.45, 7) is 3.61. The van der Waals surface area contributed by atoms with E-state index in [0.29, 0.717) is 0 Å². The van der Waals surface area contributed by atoms with Gasteiger partial charge in [-0.15, -0.1) is 0 Å². The van der Waals surface area contributed by atoms with Crippen LogP contribution < -0.4 is 27.8 Å². The molecule has 0 spiro atoms. The number of nitrogens with two attached hydrogens (primary N) is 3. The first-order chi connectivity index (χ1) is 21.4. The summed E-state index contributed by atoms with van der Waals surface area (Å²) < 4.78 is 29.2. The maximum Gasteiger partial charge on any atom is 0.217 e. The van der Waals surface area contributed by atoms with Crippen LogP contribution in [-0.2, 0) is 33.3 Å². The maximum atomic E-state index is 12.4. The molecule has 266 valence electrons. The van der Waals surface area contributed by atoms with Gasteiger partial charge in [0.25, 0.3) is 0 Å². The number of amides is 2. The van der Waals surface area contributed by atoms with Crippen molar-refractivity contribution >= 4 is 17.8 Å². The van der Waals surface area contributed by atoms with Crippen LogP contribution in [0.1, 0.15) is 34.1 Å². The number of rotatable bonds is 11. The molecular weight excluding hydrogens is 620 g/mol. The quantitative estimate of drug-likeness (QED) is 0.0718. The zero-order valence-electron chi connectivity index (χ0n) is 25.9. The van der Waals surface area contributed by atoms with Crippen molar-refractivity contribution in [1.82, 2.24) is 10.6 Å². The molecule has 2 unspecified atom stereocenters. The Morgan fingerprint density at radius 3 is 2.24 bits per heavy atom. The number of carbonyl (C=O) groups is 2. The predicted molar refractivity (Wildman–Crippen MR) is 154 cm³/mol. The van der Waals surface area contributed by atoms with E-state index in [2.05, 4.69) is 15.6 Å². The highest BCUT2D eigenvalue weighted by molar-refractivity contribution is 5.76. The second-order valence-electron chi connectivity index (χ2n) is 11.8. The van der Waals surface area contributed by atoms with Gasteiger partial charge >= 0.3 is 0 Å². The van der Waals surface area contributed by atoms with Gasteiger partial charge in [0.05, 0.1) is 43.6 Å². The first kappa shape index (κ1) is 38.1. The van der Waals surface area contributed by atoms with Gasteiger partial charge in [-0.1, -0.05) is 0 Å². The highest BCUT2D eigenvalue weighted by Gasteiger charge is 2.55. The largest absolute Gasteiger partial charge is 0.394 e. The number of nitrogens with zero attached hydrogens (tertiary/aromatic N) is 1. The first-order valence-corrected chi connectivity index (χ1v) is 14.8. The summed E-state index contributed by atoms with van der Waals surface area (Å²) in [6.07, 6.45) is -15.9. The lowest BCUT2D eigenvalue weighted by Crippen LogP contribution is -2.70. The first-order valence-electron chi connectivity index (χ1n) is 14.8. The molecule has 0 aromatic heterocycles. The number of aliphatic hydroxyl groups excluding tert-OH is 7. The SMILES string of the molecule is CC(=O)N[C@H]([C@H]1OC(CO)(O[C@@H]2[C@H](O)[C@H](C)OC(O)[C@H]2N=C(N)N)C[C@@H](O)[C@@H]1N)[C@@H](C)O[C@H]1O[C@H](CO)[C@@H](O)[C@H](O)[C@H]1NC(C)=O. The molecule has 3 saturated heterocycles. The van der Waals surface area contributed by atoms with E-state index in [1.807, 2.05) is 0 Å². The summed E-state index contributed by atoms with van der Waals surface area (Å²) in [6, 6.07) is -5.19. The molecule has 16 atom stereocenters. The zero-order valence-corrected chi connectivity index (χ0v) is 25.9.